The van der Waals surface area contributed by atoms with Crippen molar-refractivity contribution in [2.45, 2.75) is 24.2 Å². The van der Waals surface area contributed by atoms with Crippen LogP contribution in [0.5, 0.6) is 0 Å². The third-order valence-corrected chi connectivity index (χ3v) is 3.17. The van der Waals surface area contributed by atoms with Gasteiger partial charge in [-0.1, -0.05) is 25.1 Å². The molecule has 0 heterocycles. The van der Waals surface area contributed by atoms with Crippen molar-refractivity contribution in [1.82, 2.24) is 0 Å². The smallest absolute Gasteiger partial charge is 0.124 e. The van der Waals surface area contributed by atoms with Crippen LogP contribution in [-0.4, -0.2) is 13.0 Å². The number of benzene rings is 1. The molecule has 0 N–H and O–H groups in total. The maximum absolute atomic E-state index is 10.7. The molecule has 0 amide bonds. The summed E-state index contributed by atoms with van der Waals surface area (Å²) in [6.45, 7) is 5.72. The first kappa shape index (κ1) is 11.9. The van der Waals surface area contributed by atoms with Gasteiger partial charge in [-0.2, -0.15) is 0 Å². The molecule has 4 heteroatoms. The van der Waals surface area contributed by atoms with Gasteiger partial charge in [0.15, 0.2) is 0 Å². The molecule has 0 spiro atoms. The van der Waals surface area contributed by atoms with Crippen LogP contribution in [0.4, 0.5) is 0 Å². The molecule has 0 bridgehead atoms. The molecule has 0 aliphatic heterocycles. The Bertz CT molecular complexity index is 431. The van der Waals surface area contributed by atoms with Crippen molar-refractivity contribution in [3.63, 3.8) is 0 Å². The second-order valence-corrected chi connectivity index (χ2v) is 4.65. The fourth-order valence-corrected chi connectivity index (χ4v) is 1.89. The van der Waals surface area contributed by atoms with E-state index in [4.69, 9.17) is 0 Å². The average molecular weight is 225 g/mol. The molecule has 15 heavy (non-hydrogen) atoms. The standard InChI is InChI=1S/C11H14O3S/c1-3-9(4-2)10-5-7-11(8-6-10)15(12,13)14/h3,5-9H,1,4H2,2H3,(H,12,13,14)/p-1. The third kappa shape index (κ3) is 2.91. The first-order valence-electron chi connectivity index (χ1n) is 4.67. The van der Waals surface area contributed by atoms with Crippen molar-refractivity contribution in [1.29, 1.82) is 0 Å². The van der Waals surface area contributed by atoms with Gasteiger partial charge >= 0.3 is 0 Å². The first-order valence-corrected chi connectivity index (χ1v) is 6.08. The van der Waals surface area contributed by atoms with Gasteiger partial charge in [-0.3, -0.25) is 0 Å². The second kappa shape index (κ2) is 4.59. The zero-order valence-electron chi connectivity index (χ0n) is 8.51. The van der Waals surface area contributed by atoms with Crippen LogP contribution in [0.25, 0.3) is 0 Å². The summed E-state index contributed by atoms with van der Waals surface area (Å²) in [5, 5.41) is 0. The summed E-state index contributed by atoms with van der Waals surface area (Å²) >= 11 is 0. The number of allylic oxidation sites excluding steroid dienone is 1. The van der Waals surface area contributed by atoms with Gasteiger partial charge in [-0.05, 0) is 24.1 Å². The Labute approximate surface area is 90.2 Å². The zero-order valence-corrected chi connectivity index (χ0v) is 9.33. The van der Waals surface area contributed by atoms with Crippen molar-refractivity contribution >= 4 is 10.1 Å². The maximum atomic E-state index is 10.7. The molecular formula is C11H13O3S-. The largest absolute Gasteiger partial charge is 0.744 e. The predicted molar refractivity (Wildman–Crippen MR) is 57.6 cm³/mol. The van der Waals surface area contributed by atoms with Gasteiger partial charge in [0.2, 0.25) is 0 Å². The first-order chi connectivity index (χ1) is 6.99. The minimum Gasteiger partial charge on any atom is -0.744 e. The minimum absolute atomic E-state index is 0.190. The van der Waals surface area contributed by atoms with Gasteiger partial charge in [0.25, 0.3) is 0 Å². The molecule has 0 saturated carbocycles. The van der Waals surface area contributed by atoms with Crippen molar-refractivity contribution < 1.29 is 13.0 Å². The Hall–Kier alpha value is -1.13. The Balaban J connectivity index is 3.05. The van der Waals surface area contributed by atoms with E-state index in [1.54, 1.807) is 18.2 Å². The van der Waals surface area contributed by atoms with E-state index in [0.29, 0.717) is 0 Å². The average Bonchev–Trinajstić information content (AvgIpc) is 2.19. The Kier molecular flexibility index (Phi) is 3.66. The number of hydrogen-bond donors (Lipinski definition) is 0. The molecule has 1 aromatic rings. The lowest BCUT2D eigenvalue weighted by Crippen LogP contribution is -1.99. The van der Waals surface area contributed by atoms with Crippen molar-refractivity contribution in [3.8, 4) is 0 Å². The molecule has 0 radical (unpaired) electrons. The van der Waals surface area contributed by atoms with Crippen LogP contribution in [0, 0.1) is 0 Å². The van der Waals surface area contributed by atoms with E-state index in [1.807, 2.05) is 6.92 Å². The molecule has 1 atom stereocenters. The highest BCUT2D eigenvalue weighted by atomic mass is 32.2. The van der Waals surface area contributed by atoms with Crippen LogP contribution >= 0.6 is 0 Å². The van der Waals surface area contributed by atoms with E-state index in [9.17, 15) is 13.0 Å². The zero-order chi connectivity index (χ0) is 11.5. The quantitative estimate of drug-likeness (QED) is 0.583. The van der Waals surface area contributed by atoms with E-state index in [0.717, 1.165) is 12.0 Å². The summed E-state index contributed by atoms with van der Waals surface area (Å²) in [4.78, 5) is -0.190. The third-order valence-electron chi connectivity index (χ3n) is 2.32. The maximum Gasteiger partial charge on any atom is 0.124 e. The minimum atomic E-state index is -4.33. The highest BCUT2D eigenvalue weighted by Crippen LogP contribution is 2.21. The van der Waals surface area contributed by atoms with Crippen LogP contribution in [0.1, 0.15) is 24.8 Å². The summed E-state index contributed by atoms with van der Waals surface area (Å²) in [6, 6.07) is 5.98. The molecule has 0 aromatic heterocycles. The predicted octanol–water partition coefficient (Wildman–Crippen LogP) is 2.27. The van der Waals surface area contributed by atoms with Crippen molar-refractivity contribution in [3.05, 3.63) is 42.5 Å². The van der Waals surface area contributed by atoms with E-state index in [2.05, 4.69) is 6.58 Å². The second-order valence-electron chi connectivity index (χ2n) is 3.27. The molecule has 82 valence electrons. The van der Waals surface area contributed by atoms with Gasteiger partial charge in [0.05, 0.1) is 4.90 Å². The van der Waals surface area contributed by atoms with Gasteiger partial charge in [0, 0.05) is 5.92 Å². The van der Waals surface area contributed by atoms with Gasteiger partial charge < -0.3 is 4.55 Å². The monoisotopic (exact) mass is 225 g/mol. The van der Waals surface area contributed by atoms with E-state index in [-0.39, 0.29) is 10.8 Å². The topological polar surface area (TPSA) is 57.2 Å². The molecule has 1 unspecified atom stereocenters. The Morgan fingerprint density at radius 1 is 1.40 bits per heavy atom. The van der Waals surface area contributed by atoms with Gasteiger partial charge in [-0.25, -0.2) is 8.42 Å². The van der Waals surface area contributed by atoms with E-state index in [1.165, 1.54) is 12.1 Å². The fraction of sp³-hybridized carbons (Fsp3) is 0.273. The van der Waals surface area contributed by atoms with Gasteiger partial charge in [0.1, 0.15) is 10.1 Å². The highest BCUT2D eigenvalue weighted by molar-refractivity contribution is 7.85. The number of hydrogen-bond acceptors (Lipinski definition) is 3. The van der Waals surface area contributed by atoms with Crippen LogP contribution in [0.15, 0.2) is 41.8 Å². The van der Waals surface area contributed by atoms with Crippen molar-refractivity contribution in [2.75, 3.05) is 0 Å². The van der Waals surface area contributed by atoms with Crippen LogP contribution in [0.3, 0.4) is 0 Å². The molecule has 0 aliphatic rings. The molecule has 3 nitrogen and oxygen atoms in total. The van der Waals surface area contributed by atoms with E-state index >= 15 is 0 Å². The van der Waals surface area contributed by atoms with Crippen LogP contribution in [0.2, 0.25) is 0 Å². The van der Waals surface area contributed by atoms with Gasteiger partial charge in [-0.15, -0.1) is 6.58 Å². The molecule has 0 aliphatic carbocycles. The lowest BCUT2D eigenvalue weighted by molar-refractivity contribution is 0.463. The van der Waals surface area contributed by atoms with E-state index < -0.39 is 10.1 Å². The summed E-state index contributed by atoms with van der Waals surface area (Å²) in [6.07, 6.45) is 2.70. The lowest BCUT2D eigenvalue weighted by Gasteiger charge is -2.12. The van der Waals surface area contributed by atoms with Crippen LogP contribution in [-0.2, 0) is 10.1 Å². The molecule has 0 saturated heterocycles. The summed E-state index contributed by atoms with van der Waals surface area (Å²) in [7, 11) is -4.33. The highest BCUT2D eigenvalue weighted by Gasteiger charge is 2.06. The number of rotatable bonds is 4. The summed E-state index contributed by atoms with van der Waals surface area (Å²) in [5.41, 5.74) is 0.972. The summed E-state index contributed by atoms with van der Waals surface area (Å²) in [5.74, 6) is 0.202. The van der Waals surface area contributed by atoms with Crippen LogP contribution < -0.4 is 0 Å². The molecule has 1 aromatic carbocycles. The Morgan fingerprint density at radius 2 is 1.93 bits per heavy atom. The normalized spacial score (nSPS) is 13.5. The molecular weight excluding hydrogens is 212 g/mol. The van der Waals surface area contributed by atoms with Crippen molar-refractivity contribution in [2.24, 2.45) is 0 Å². The SMILES string of the molecule is C=CC(CC)c1ccc(S(=O)(=O)[O-])cc1. The molecule has 0 fully saturated rings. The lowest BCUT2D eigenvalue weighted by atomic mass is 9.97. The summed E-state index contributed by atoms with van der Waals surface area (Å²) < 4.78 is 32.0. The molecule has 1 rings (SSSR count). The Morgan fingerprint density at radius 3 is 2.27 bits per heavy atom. The fourth-order valence-electron chi connectivity index (χ4n) is 1.42.